The van der Waals surface area contributed by atoms with Crippen molar-refractivity contribution in [3.63, 3.8) is 0 Å². The zero-order valence-corrected chi connectivity index (χ0v) is 10.7. The molecule has 0 aliphatic rings. The number of hydrogen-bond acceptors (Lipinski definition) is 2. The monoisotopic (exact) mass is 282 g/mol. The molecule has 4 heteroatoms. The standard InChI is InChI=1S/C12H12BrFN2/c1-3-15-9-4-5-16-12-7(2)6-8(14)11(13)10(9)12/h4-6H,3H2,1-2H3,(H,15,16). The topological polar surface area (TPSA) is 24.9 Å². The molecule has 0 bridgehead atoms. The quantitative estimate of drug-likeness (QED) is 0.904. The van der Waals surface area contributed by atoms with Crippen LogP contribution in [0.15, 0.2) is 22.8 Å². The Morgan fingerprint density at radius 1 is 1.50 bits per heavy atom. The van der Waals surface area contributed by atoms with Gasteiger partial charge in [0.25, 0.3) is 0 Å². The van der Waals surface area contributed by atoms with Crippen LogP contribution in [-0.4, -0.2) is 11.5 Å². The van der Waals surface area contributed by atoms with E-state index in [4.69, 9.17) is 0 Å². The molecule has 0 fully saturated rings. The number of fused-ring (bicyclic) bond motifs is 1. The van der Waals surface area contributed by atoms with Crippen LogP contribution >= 0.6 is 15.9 Å². The van der Waals surface area contributed by atoms with E-state index in [1.807, 2.05) is 19.9 Å². The van der Waals surface area contributed by atoms with Crippen molar-refractivity contribution in [2.45, 2.75) is 13.8 Å². The molecule has 1 heterocycles. The molecule has 1 aromatic heterocycles. The van der Waals surface area contributed by atoms with Gasteiger partial charge in [0, 0.05) is 23.8 Å². The van der Waals surface area contributed by atoms with E-state index in [2.05, 4.69) is 26.2 Å². The Labute approximate surface area is 102 Å². The highest BCUT2D eigenvalue weighted by Crippen LogP contribution is 2.33. The molecule has 2 nitrogen and oxygen atoms in total. The molecule has 0 aliphatic heterocycles. The maximum Gasteiger partial charge on any atom is 0.138 e. The minimum absolute atomic E-state index is 0.253. The molecule has 2 rings (SSSR count). The van der Waals surface area contributed by atoms with E-state index in [-0.39, 0.29) is 5.82 Å². The van der Waals surface area contributed by atoms with Gasteiger partial charge in [0.15, 0.2) is 0 Å². The Morgan fingerprint density at radius 2 is 2.25 bits per heavy atom. The van der Waals surface area contributed by atoms with Crippen molar-refractivity contribution in [3.8, 4) is 0 Å². The van der Waals surface area contributed by atoms with Gasteiger partial charge in [0.1, 0.15) is 5.82 Å². The largest absolute Gasteiger partial charge is 0.385 e. The van der Waals surface area contributed by atoms with Crippen molar-refractivity contribution < 1.29 is 4.39 Å². The van der Waals surface area contributed by atoms with Gasteiger partial charge in [-0.2, -0.15) is 0 Å². The van der Waals surface area contributed by atoms with Gasteiger partial charge in [-0.1, -0.05) is 0 Å². The fourth-order valence-corrected chi connectivity index (χ4v) is 2.28. The van der Waals surface area contributed by atoms with Gasteiger partial charge >= 0.3 is 0 Å². The number of aryl methyl sites for hydroxylation is 1. The summed E-state index contributed by atoms with van der Waals surface area (Å²) in [5.74, 6) is -0.253. The maximum atomic E-state index is 13.6. The Balaban J connectivity index is 2.84. The van der Waals surface area contributed by atoms with Gasteiger partial charge in [-0.05, 0) is 47.5 Å². The number of aromatic nitrogens is 1. The third-order valence-corrected chi connectivity index (χ3v) is 3.24. The molecular formula is C12H12BrFN2. The van der Waals surface area contributed by atoms with Crippen LogP contribution in [0.4, 0.5) is 10.1 Å². The lowest BCUT2D eigenvalue weighted by Crippen LogP contribution is -1.99. The number of halogens is 2. The molecule has 0 atom stereocenters. The Hall–Kier alpha value is -1.16. The summed E-state index contributed by atoms with van der Waals surface area (Å²) >= 11 is 3.28. The third kappa shape index (κ3) is 1.78. The number of hydrogen-bond donors (Lipinski definition) is 1. The molecule has 1 aromatic carbocycles. The van der Waals surface area contributed by atoms with Crippen molar-refractivity contribution in [3.05, 3.63) is 34.2 Å². The van der Waals surface area contributed by atoms with Gasteiger partial charge in [-0.25, -0.2) is 4.39 Å². The number of nitrogens with one attached hydrogen (secondary N) is 1. The van der Waals surface area contributed by atoms with Gasteiger partial charge in [0.05, 0.1) is 9.99 Å². The first kappa shape index (κ1) is 11.3. The van der Waals surface area contributed by atoms with E-state index >= 15 is 0 Å². The molecule has 84 valence electrons. The second kappa shape index (κ2) is 4.37. The molecule has 0 amide bonds. The predicted molar refractivity (Wildman–Crippen MR) is 68.3 cm³/mol. The van der Waals surface area contributed by atoms with Gasteiger partial charge in [0.2, 0.25) is 0 Å². The van der Waals surface area contributed by atoms with E-state index in [0.717, 1.165) is 28.7 Å². The Bertz CT molecular complexity index is 540. The van der Waals surface area contributed by atoms with E-state index in [1.165, 1.54) is 6.07 Å². The summed E-state index contributed by atoms with van der Waals surface area (Å²) in [4.78, 5) is 4.29. The lowest BCUT2D eigenvalue weighted by molar-refractivity contribution is 0.622. The molecule has 0 saturated carbocycles. The highest BCUT2D eigenvalue weighted by atomic mass is 79.9. The zero-order chi connectivity index (χ0) is 11.7. The highest BCUT2D eigenvalue weighted by Gasteiger charge is 2.12. The number of anilines is 1. The molecule has 1 N–H and O–H groups in total. The highest BCUT2D eigenvalue weighted by molar-refractivity contribution is 9.10. The van der Waals surface area contributed by atoms with Crippen molar-refractivity contribution in [1.29, 1.82) is 0 Å². The molecule has 16 heavy (non-hydrogen) atoms. The van der Waals surface area contributed by atoms with E-state index in [1.54, 1.807) is 6.20 Å². The fraction of sp³-hybridized carbons (Fsp3) is 0.250. The van der Waals surface area contributed by atoms with Crippen LogP contribution in [0.1, 0.15) is 12.5 Å². The second-order valence-corrected chi connectivity index (χ2v) is 4.39. The van der Waals surface area contributed by atoms with E-state index in [9.17, 15) is 4.39 Å². The normalized spacial score (nSPS) is 10.8. The van der Waals surface area contributed by atoms with Crippen LogP contribution in [0.5, 0.6) is 0 Å². The van der Waals surface area contributed by atoms with Crippen LogP contribution in [-0.2, 0) is 0 Å². The smallest absolute Gasteiger partial charge is 0.138 e. The molecule has 0 spiro atoms. The predicted octanol–water partition coefficient (Wildman–Crippen LogP) is 3.88. The van der Waals surface area contributed by atoms with Crippen molar-refractivity contribution in [2.24, 2.45) is 0 Å². The zero-order valence-electron chi connectivity index (χ0n) is 9.14. The van der Waals surface area contributed by atoms with Gasteiger partial charge in [-0.3, -0.25) is 4.98 Å². The summed E-state index contributed by atoms with van der Waals surface area (Å²) in [5, 5.41) is 4.02. The van der Waals surface area contributed by atoms with Crippen LogP contribution in [0, 0.1) is 12.7 Å². The summed E-state index contributed by atoms with van der Waals surface area (Å²) in [6.07, 6.45) is 1.73. The van der Waals surface area contributed by atoms with Crippen LogP contribution in [0.3, 0.4) is 0 Å². The molecule has 0 saturated heterocycles. The van der Waals surface area contributed by atoms with Crippen LogP contribution in [0.2, 0.25) is 0 Å². The molecule has 0 radical (unpaired) electrons. The number of benzene rings is 1. The fourth-order valence-electron chi connectivity index (χ4n) is 1.76. The minimum atomic E-state index is -0.253. The summed E-state index contributed by atoms with van der Waals surface area (Å²) in [5.41, 5.74) is 2.57. The first-order valence-electron chi connectivity index (χ1n) is 5.12. The lowest BCUT2D eigenvalue weighted by atomic mass is 10.1. The maximum absolute atomic E-state index is 13.6. The SMILES string of the molecule is CCNc1ccnc2c(C)cc(F)c(Br)c12. The summed E-state index contributed by atoms with van der Waals surface area (Å²) in [6.45, 7) is 4.66. The van der Waals surface area contributed by atoms with E-state index in [0.29, 0.717) is 4.47 Å². The molecule has 0 aliphatic carbocycles. The minimum Gasteiger partial charge on any atom is -0.385 e. The summed E-state index contributed by atoms with van der Waals surface area (Å²) in [7, 11) is 0. The van der Waals surface area contributed by atoms with Crippen molar-refractivity contribution in [2.75, 3.05) is 11.9 Å². The summed E-state index contributed by atoms with van der Waals surface area (Å²) in [6, 6.07) is 3.35. The van der Waals surface area contributed by atoms with E-state index < -0.39 is 0 Å². The second-order valence-electron chi connectivity index (χ2n) is 3.60. The van der Waals surface area contributed by atoms with Gasteiger partial charge in [-0.15, -0.1) is 0 Å². The third-order valence-electron chi connectivity index (χ3n) is 2.46. The number of pyridine rings is 1. The first-order chi connectivity index (χ1) is 7.65. The number of rotatable bonds is 2. The van der Waals surface area contributed by atoms with Crippen LogP contribution < -0.4 is 5.32 Å². The number of nitrogens with zero attached hydrogens (tertiary/aromatic N) is 1. The van der Waals surface area contributed by atoms with Crippen molar-refractivity contribution in [1.82, 2.24) is 4.98 Å². The average Bonchev–Trinajstić information content (AvgIpc) is 2.26. The lowest BCUT2D eigenvalue weighted by Gasteiger charge is -2.11. The van der Waals surface area contributed by atoms with Crippen LogP contribution in [0.25, 0.3) is 10.9 Å². The average molecular weight is 283 g/mol. The Kier molecular flexibility index (Phi) is 3.10. The Morgan fingerprint density at radius 3 is 2.94 bits per heavy atom. The molecular weight excluding hydrogens is 271 g/mol. The van der Waals surface area contributed by atoms with Gasteiger partial charge < -0.3 is 5.32 Å². The molecule has 2 aromatic rings. The van der Waals surface area contributed by atoms with Crippen molar-refractivity contribution >= 4 is 32.5 Å². The first-order valence-corrected chi connectivity index (χ1v) is 5.91. The summed E-state index contributed by atoms with van der Waals surface area (Å²) < 4.78 is 14.1. The molecule has 0 unspecified atom stereocenters.